The summed E-state index contributed by atoms with van der Waals surface area (Å²) >= 11 is 0. The second kappa shape index (κ2) is 9.03. The van der Waals surface area contributed by atoms with Crippen molar-refractivity contribution in [1.29, 1.82) is 5.26 Å². The molecule has 0 fully saturated rings. The second-order valence-corrected chi connectivity index (χ2v) is 7.21. The summed E-state index contributed by atoms with van der Waals surface area (Å²) in [4.78, 5) is 12.0. The molecule has 1 atom stereocenters. The van der Waals surface area contributed by atoms with Crippen molar-refractivity contribution in [3.8, 4) is 11.8 Å². The summed E-state index contributed by atoms with van der Waals surface area (Å²) in [6.07, 6.45) is 1.17. The Balaban J connectivity index is 2.09. The van der Waals surface area contributed by atoms with Crippen molar-refractivity contribution in [3.05, 3.63) is 65.9 Å². The molecule has 1 amide bonds. The van der Waals surface area contributed by atoms with Crippen molar-refractivity contribution in [1.82, 2.24) is 5.32 Å². The zero-order valence-corrected chi connectivity index (χ0v) is 16.0. The summed E-state index contributed by atoms with van der Waals surface area (Å²) in [5, 5.41) is 14.6. The Bertz CT molecular complexity index is 1020. The summed E-state index contributed by atoms with van der Waals surface area (Å²) < 4.78 is 36.5. The molecule has 0 aliphatic rings. The average molecular weight is 401 g/mol. The number of ether oxygens (including phenoxy) is 1. The van der Waals surface area contributed by atoms with Crippen LogP contribution >= 0.6 is 0 Å². The maximum atomic E-state index is 12.3. The Hall–Kier alpha value is -3.35. The molecule has 0 aliphatic heterocycles. The molecule has 1 unspecified atom stereocenters. The average Bonchev–Trinajstić information content (AvgIpc) is 2.68. The number of nitrogens with one attached hydrogen (secondary N) is 2. The Morgan fingerprint density at radius 3 is 2.50 bits per heavy atom. The molecule has 0 radical (unpaired) electrons. The molecule has 0 spiro atoms. The first-order chi connectivity index (χ1) is 13.2. The number of benzene rings is 2. The number of anilines is 1. The second-order valence-electron chi connectivity index (χ2n) is 5.79. The highest BCUT2D eigenvalue weighted by Crippen LogP contribution is 2.18. The molecule has 0 aromatic heterocycles. The largest absolute Gasteiger partial charge is 0.497 e. The number of carbonyl (C=O) groups excluding carboxylic acids is 1. The first kappa shape index (κ1) is 21.0. The van der Waals surface area contributed by atoms with Crippen molar-refractivity contribution < 1.29 is 22.5 Å². The third-order valence-corrected chi connectivity index (χ3v) is 4.69. The van der Waals surface area contributed by atoms with Crippen LogP contribution in [-0.4, -0.2) is 26.0 Å². The monoisotopic (exact) mass is 401 g/mol. The Labute approximate surface area is 163 Å². The van der Waals surface area contributed by atoms with E-state index in [0.717, 1.165) is 5.56 Å². The Morgan fingerprint density at radius 2 is 1.93 bits per heavy atom. The number of nitrogens with zero attached hydrogens (tertiary/aromatic N) is 1. The summed E-state index contributed by atoms with van der Waals surface area (Å²) in [7, 11) is -2.79. The molecule has 2 rings (SSSR count). The van der Waals surface area contributed by atoms with Gasteiger partial charge in [0.05, 0.1) is 18.0 Å². The summed E-state index contributed by atoms with van der Waals surface area (Å²) in [5.74, 6) is 0.0977. The van der Waals surface area contributed by atoms with E-state index >= 15 is 0 Å². The molecular weight excluding hydrogens is 382 g/mol. The molecule has 2 aromatic rings. The number of rotatable bonds is 7. The summed E-state index contributed by atoms with van der Waals surface area (Å²) in [6, 6.07) is 13.9. The zero-order chi connectivity index (χ0) is 20.7. The van der Waals surface area contributed by atoms with Crippen molar-refractivity contribution in [2.75, 3.05) is 12.4 Å². The van der Waals surface area contributed by atoms with Crippen LogP contribution in [-0.2, 0) is 14.9 Å². The van der Waals surface area contributed by atoms with E-state index in [1.54, 1.807) is 44.4 Å². The van der Waals surface area contributed by atoms with Crippen LogP contribution in [0, 0.1) is 11.3 Å². The lowest BCUT2D eigenvalue weighted by Gasteiger charge is -2.14. The molecule has 9 heteroatoms. The van der Waals surface area contributed by atoms with Crippen molar-refractivity contribution >= 4 is 21.7 Å². The molecule has 0 aliphatic carbocycles. The normalized spacial score (nSPS) is 12.6. The molecular formula is C19H19N3O5S. The molecule has 0 bridgehead atoms. The predicted octanol–water partition coefficient (Wildman–Crippen LogP) is 2.64. The van der Waals surface area contributed by atoms with Crippen LogP contribution in [0.25, 0.3) is 0 Å². The van der Waals surface area contributed by atoms with Gasteiger partial charge >= 0.3 is 0 Å². The van der Waals surface area contributed by atoms with E-state index < -0.39 is 16.0 Å². The molecule has 28 heavy (non-hydrogen) atoms. The van der Waals surface area contributed by atoms with Gasteiger partial charge in [-0.2, -0.15) is 13.7 Å². The van der Waals surface area contributed by atoms with Crippen LogP contribution in [0.15, 0.2) is 65.2 Å². The van der Waals surface area contributed by atoms with Gasteiger partial charge in [0.25, 0.3) is 16.0 Å². The third-order valence-electron chi connectivity index (χ3n) is 3.84. The highest BCUT2D eigenvalue weighted by Gasteiger charge is 2.14. The lowest BCUT2D eigenvalue weighted by atomic mass is 10.1. The van der Waals surface area contributed by atoms with E-state index in [1.807, 2.05) is 0 Å². The van der Waals surface area contributed by atoms with Crippen molar-refractivity contribution in [2.45, 2.75) is 17.9 Å². The van der Waals surface area contributed by atoms with Crippen LogP contribution in [0.4, 0.5) is 5.69 Å². The minimum atomic E-state index is -4.35. The van der Waals surface area contributed by atoms with Gasteiger partial charge in [-0.15, -0.1) is 0 Å². The quantitative estimate of drug-likeness (QED) is 0.369. The van der Waals surface area contributed by atoms with Gasteiger partial charge in [0.15, 0.2) is 0 Å². The van der Waals surface area contributed by atoms with Gasteiger partial charge in [-0.1, -0.05) is 18.2 Å². The first-order valence-electron chi connectivity index (χ1n) is 8.13. The predicted molar refractivity (Wildman–Crippen MR) is 103 cm³/mol. The smallest absolute Gasteiger partial charge is 0.294 e. The van der Waals surface area contributed by atoms with E-state index in [9.17, 15) is 18.5 Å². The van der Waals surface area contributed by atoms with E-state index in [0.29, 0.717) is 11.4 Å². The van der Waals surface area contributed by atoms with Crippen LogP contribution in [0.1, 0.15) is 18.5 Å². The third kappa shape index (κ3) is 5.57. The van der Waals surface area contributed by atoms with Gasteiger partial charge in [-0.3, -0.25) is 9.35 Å². The molecule has 3 N–H and O–H groups in total. The highest BCUT2D eigenvalue weighted by molar-refractivity contribution is 7.85. The summed E-state index contributed by atoms with van der Waals surface area (Å²) in [6.45, 7) is 1.78. The molecule has 0 saturated heterocycles. The van der Waals surface area contributed by atoms with Gasteiger partial charge < -0.3 is 15.4 Å². The number of hydrogen-bond donors (Lipinski definition) is 3. The van der Waals surface area contributed by atoms with Gasteiger partial charge in [-0.05, 0) is 42.8 Å². The van der Waals surface area contributed by atoms with E-state index in [2.05, 4.69) is 10.6 Å². The fourth-order valence-corrected chi connectivity index (χ4v) is 2.83. The van der Waals surface area contributed by atoms with Crippen molar-refractivity contribution in [2.24, 2.45) is 0 Å². The minimum absolute atomic E-state index is 0.197. The number of amides is 1. The summed E-state index contributed by atoms with van der Waals surface area (Å²) in [5.41, 5.74) is 0.928. The van der Waals surface area contributed by atoms with Crippen LogP contribution < -0.4 is 15.4 Å². The van der Waals surface area contributed by atoms with E-state index in [1.165, 1.54) is 30.5 Å². The van der Waals surface area contributed by atoms with Gasteiger partial charge in [-0.25, -0.2) is 0 Å². The van der Waals surface area contributed by atoms with E-state index in [-0.39, 0.29) is 16.5 Å². The molecule has 2 aromatic carbocycles. The minimum Gasteiger partial charge on any atom is -0.497 e. The topological polar surface area (TPSA) is 129 Å². The molecule has 146 valence electrons. The number of nitriles is 1. The SMILES string of the molecule is COc1ccc(C(C)NC(=O)/C(C#N)=C\Nc2cccc(S(=O)(=O)O)c2)cc1. The number of hydrogen-bond acceptors (Lipinski definition) is 6. The fraction of sp³-hybridized carbons (Fsp3) is 0.158. The van der Waals surface area contributed by atoms with Gasteiger partial charge in [0, 0.05) is 11.9 Å². The first-order valence-corrected chi connectivity index (χ1v) is 9.57. The maximum Gasteiger partial charge on any atom is 0.294 e. The Kier molecular flexibility index (Phi) is 6.76. The van der Waals surface area contributed by atoms with Crippen LogP contribution in [0.2, 0.25) is 0 Å². The maximum absolute atomic E-state index is 12.3. The fourth-order valence-electron chi connectivity index (χ4n) is 2.30. The standard InChI is InChI=1S/C19H19N3O5S/c1-13(14-6-8-17(27-2)9-7-14)22-19(23)15(11-20)12-21-16-4-3-5-18(10-16)28(24,25)26/h3-10,12-13,21H,1-2H3,(H,22,23)(H,24,25,26)/b15-12-. The number of carbonyl (C=O) groups is 1. The zero-order valence-electron chi connectivity index (χ0n) is 15.2. The van der Waals surface area contributed by atoms with Crippen LogP contribution in [0.5, 0.6) is 5.75 Å². The Morgan fingerprint density at radius 1 is 1.25 bits per heavy atom. The van der Waals surface area contributed by atoms with E-state index in [4.69, 9.17) is 9.29 Å². The highest BCUT2D eigenvalue weighted by atomic mass is 32.2. The van der Waals surface area contributed by atoms with Gasteiger partial charge in [0.2, 0.25) is 0 Å². The van der Waals surface area contributed by atoms with Crippen molar-refractivity contribution in [3.63, 3.8) is 0 Å². The van der Waals surface area contributed by atoms with Crippen LogP contribution in [0.3, 0.4) is 0 Å². The lowest BCUT2D eigenvalue weighted by Crippen LogP contribution is -2.28. The lowest BCUT2D eigenvalue weighted by molar-refractivity contribution is -0.117. The molecule has 0 heterocycles. The molecule has 8 nitrogen and oxygen atoms in total. The number of methoxy groups -OCH3 is 1. The van der Waals surface area contributed by atoms with Gasteiger partial charge in [0.1, 0.15) is 17.4 Å². The molecule has 0 saturated carbocycles.